The van der Waals surface area contributed by atoms with Gasteiger partial charge in [-0.1, -0.05) is 36.6 Å². The van der Waals surface area contributed by atoms with Crippen molar-refractivity contribution in [1.82, 2.24) is 25.1 Å². The van der Waals surface area contributed by atoms with Crippen LogP contribution in [-0.2, 0) is 16.8 Å². The van der Waals surface area contributed by atoms with E-state index in [4.69, 9.17) is 16.7 Å². The van der Waals surface area contributed by atoms with Gasteiger partial charge in [-0.2, -0.15) is 5.10 Å². The van der Waals surface area contributed by atoms with Crippen LogP contribution in [0.25, 0.3) is 11.4 Å². The third-order valence-corrected chi connectivity index (χ3v) is 6.78. The number of carbonyl (C=O) groups excluding carboxylic acids is 1. The zero-order valence-electron chi connectivity index (χ0n) is 17.4. The van der Waals surface area contributed by atoms with Crippen LogP contribution in [0.15, 0.2) is 48.9 Å². The van der Waals surface area contributed by atoms with Crippen LogP contribution in [0.5, 0.6) is 0 Å². The average Bonchev–Trinajstić information content (AvgIpc) is 3.35. The van der Waals surface area contributed by atoms with E-state index in [0.29, 0.717) is 24.0 Å². The lowest BCUT2D eigenvalue weighted by atomic mass is 9.78. The topological polar surface area (TPSA) is 72.7 Å². The molecule has 6 nitrogen and oxygen atoms in total. The lowest BCUT2D eigenvalue weighted by Crippen LogP contribution is -2.43. The number of benzene rings is 1. The summed E-state index contributed by atoms with van der Waals surface area (Å²) in [6.45, 7) is 1.20. The minimum absolute atomic E-state index is 0.113. The molecule has 0 radical (unpaired) electrons. The number of halogens is 1. The molecule has 3 aromatic rings. The van der Waals surface area contributed by atoms with Gasteiger partial charge in [-0.05, 0) is 49.4 Å². The zero-order chi connectivity index (χ0) is 21.3. The van der Waals surface area contributed by atoms with Gasteiger partial charge >= 0.3 is 0 Å². The molecule has 0 saturated heterocycles. The van der Waals surface area contributed by atoms with Gasteiger partial charge in [0.25, 0.3) is 0 Å². The van der Waals surface area contributed by atoms with Gasteiger partial charge in [-0.3, -0.25) is 19.4 Å². The van der Waals surface area contributed by atoms with Crippen LogP contribution in [0.2, 0.25) is 5.02 Å². The Hall–Kier alpha value is -2.73. The van der Waals surface area contributed by atoms with Gasteiger partial charge in [0.2, 0.25) is 5.91 Å². The molecule has 1 aromatic carbocycles. The maximum Gasteiger partial charge on any atom is 0.230 e. The standard InChI is InChI=1S/C24H26ClN5O/c25-19-7-5-18(6-8-19)24(9-1-2-10-24)23(31)28-13-14-30-22(17-3-4-17)15-20(29-30)21-16-26-11-12-27-21/h5-8,11-12,15-17H,1-4,9-10,13-14H2,(H,28,31). The van der Waals surface area contributed by atoms with E-state index in [9.17, 15) is 4.79 Å². The van der Waals surface area contributed by atoms with Crippen LogP contribution in [0.4, 0.5) is 0 Å². The number of hydrogen-bond acceptors (Lipinski definition) is 4. The van der Waals surface area contributed by atoms with Crippen molar-refractivity contribution in [3.05, 3.63) is 65.2 Å². The van der Waals surface area contributed by atoms with Crippen LogP contribution in [0.3, 0.4) is 0 Å². The summed E-state index contributed by atoms with van der Waals surface area (Å²) in [4.78, 5) is 21.8. The summed E-state index contributed by atoms with van der Waals surface area (Å²) in [5.74, 6) is 0.672. The highest BCUT2D eigenvalue weighted by Crippen LogP contribution is 2.42. The Morgan fingerprint density at radius 1 is 1.13 bits per heavy atom. The van der Waals surface area contributed by atoms with Crippen molar-refractivity contribution >= 4 is 17.5 Å². The summed E-state index contributed by atoms with van der Waals surface area (Å²) in [5.41, 5.74) is 3.46. The second kappa shape index (κ2) is 8.42. The van der Waals surface area contributed by atoms with E-state index >= 15 is 0 Å². The molecule has 2 saturated carbocycles. The maximum atomic E-state index is 13.3. The van der Waals surface area contributed by atoms with E-state index in [1.54, 1.807) is 18.6 Å². The molecule has 0 bridgehead atoms. The van der Waals surface area contributed by atoms with E-state index in [0.717, 1.165) is 42.6 Å². The fourth-order valence-electron chi connectivity index (χ4n) is 4.71. The largest absolute Gasteiger partial charge is 0.353 e. The zero-order valence-corrected chi connectivity index (χ0v) is 18.2. The number of nitrogens with one attached hydrogen (secondary N) is 1. The first-order chi connectivity index (χ1) is 15.2. The Morgan fingerprint density at radius 3 is 2.58 bits per heavy atom. The second-order valence-corrected chi connectivity index (χ2v) is 9.03. The van der Waals surface area contributed by atoms with E-state index in [-0.39, 0.29) is 5.91 Å². The minimum atomic E-state index is -0.446. The highest BCUT2D eigenvalue weighted by molar-refractivity contribution is 6.30. The van der Waals surface area contributed by atoms with E-state index in [2.05, 4.69) is 21.4 Å². The highest BCUT2D eigenvalue weighted by Gasteiger charge is 2.42. The van der Waals surface area contributed by atoms with Crippen molar-refractivity contribution < 1.29 is 4.79 Å². The highest BCUT2D eigenvalue weighted by atomic mass is 35.5. The Morgan fingerprint density at radius 2 is 1.90 bits per heavy atom. The van der Waals surface area contributed by atoms with Crippen molar-refractivity contribution in [3.63, 3.8) is 0 Å². The van der Waals surface area contributed by atoms with Crippen LogP contribution >= 0.6 is 11.6 Å². The molecule has 5 rings (SSSR count). The molecule has 0 spiro atoms. The first-order valence-corrected chi connectivity index (χ1v) is 11.4. The molecule has 0 aliphatic heterocycles. The third-order valence-electron chi connectivity index (χ3n) is 6.53. The number of aromatic nitrogens is 4. The summed E-state index contributed by atoms with van der Waals surface area (Å²) in [6, 6.07) is 9.88. The number of amides is 1. The van der Waals surface area contributed by atoms with Crippen LogP contribution in [0.1, 0.15) is 55.7 Å². The molecule has 1 N–H and O–H groups in total. The number of rotatable bonds is 7. The van der Waals surface area contributed by atoms with Gasteiger partial charge in [0.1, 0.15) is 11.4 Å². The molecule has 2 aliphatic carbocycles. The lowest BCUT2D eigenvalue weighted by Gasteiger charge is -2.28. The molecule has 2 aromatic heterocycles. The summed E-state index contributed by atoms with van der Waals surface area (Å²) in [7, 11) is 0. The molecule has 2 heterocycles. The minimum Gasteiger partial charge on any atom is -0.353 e. The summed E-state index contributed by atoms with van der Waals surface area (Å²) in [6.07, 6.45) is 11.4. The van der Waals surface area contributed by atoms with Crippen molar-refractivity contribution in [2.75, 3.05) is 6.54 Å². The van der Waals surface area contributed by atoms with Crippen molar-refractivity contribution in [3.8, 4) is 11.4 Å². The normalized spacial score (nSPS) is 17.6. The Labute approximate surface area is 187 Å². The SMILES string of the molecule is O=C(NCCn1nc(-c2cnccn2)cc1C1CC1)C1(c2ccc(Cl)cc2)CCCC1. The van der Waals surface area contributed by atoms with Crippen molar-refractivity contribution in [2.24, 2.45) is 0 Å². The van der Waals surface area contributed by atoms with E-state index in [1.165, 1.54) is 18.5 Å². The molecule has 0 atom stereocenters. The summed E-state index contributed by atoms with van der Waals surface area (Å²) in [5, 5.41) is 8.67. The summed E-state index contributed by atoms with van der Waals surface area (Å²) >= 11 is 6.07. The predicted octanol–water partition coefficient (Wildman–Crippen LogP) is 4.50. The first-order valence-electron chi connectivity index (χ1n) is 11.0. The van der Waals surface area contributed by atoms with Crippen molar-refractivity contribution in [2.45, 2.75) is 56.4 Å². The number of nitrogens with zero attached hydrogens (tertiary/aromatic N) is 4. The molecule has 160 valence electrons. The van der Waals surface area contributed by atoms with Crippen LogP contribution in [-0.4, -0.2) is 32.2 Å². The maximum absolute atomic E-state index is 13.3. The van der Waals surface area contributed by atoms with E-state index < -0.39 is 5.41 Å². The Bertz CT molecular complexity index is 1050. The van der Waals surface area contributed by atoms with Gasteiger partial charge in [0, 0.05) is 35.6 Å². The van der Waals surface area contributed by atoms with E-state index in [1.807, 2.05) is 28.9 Å². The van der Waals surface area contributed by atoms with Crippen LogP contribution < -0.4 is 5.32 Å². The van der Waals surface area contributed by atoms with Gasteiger partial charge in [0.15, 0.2) is 0 Å². The first kappa shape index (κ1) is 20.2. The Balaban J connectivity index is 1.30. The molecule has 0 unspecified atom stereocenters. The molecule has 2 aliphatic rings. The van der Waals surface area contributed by atoms with Crippen molar-refractivity contribution in [1.29, 1.82) is 0 Å². The molecule has 31 heavy (non-hydrogen) atoms. The second-order valence-electron chi connectivity index (χ2n) is 8.59. The van der Waals surface area contributed by atoms with Gasteiger partial charge < -0.3 is 5.32 Å². The fraction of sp³-hybridized carbons (Fsp3) is 0.417. The molecular formula is C24H26ClN5O. The van der Waals surface area contributed by atoms with Gasteiger partial charge in [0.05, 0.1) is 18.2 Å². The summed E-state index contributed by atoms with van der Waals surface area (Å²) < 4.78 is 2.03. The molecule has 2 fully saturated rings. The average molecular weight is 436 g/mol. The lowest BCUT2D eigenvalue weighted by molar-refractivity contribution is -0.126. The monoisotopic (exact) mass is 435 g/mol. The van der Waals surface area contributed by atoms with Gasteiger partial charge in [-0.15, -0.1) is 0 Å². The Kier molecular flexibility index (Phi) is 5.48. The van der Waals surface area contributed by atoms with Crippen LogP contribution in [0, 0.1) is 0 Å². The van der Waals surface area contributed by atoms with Gasteiger partial charge in [-0.25, -0.2) is 0 Å². The smallest absolute Gasteiger partial charge is 0.230 e. The molecule has 1 amide bonds. The number of hydrogen-bond donors (Lipinski definition) is 1. The molecule has 7 heteroatoms. The molecular weight excluding hydrogens is 410 g/mol. The fourth-order valence-corrected chi connectivity index (χ4v) is 4.84. The number of carbonyl (C=O) groups is 1. The third kappa shape index (κ3) is 4.09. The predicted molar refractivity (Wildman–Crippen MR) is 120 cm³/mol. The quantitative estimate of drug-likeness (QED) is 0.593.